The summed E-state index contributed by atoms with van der Waals surface area (Å²) in [6, 6.07) is 6.84. The van der Waals surface area contributed by atoms with Gasteiger partial charge in [0.05, 0.1) is 0 Å². The topological polar surface area (TPSA) is 61.4 Å². The van der Waals surface area contributed by atoms with Gasteiger partial charge in [-0.3, -0.25) is 4.79 Å². The maximum Gasteiger partial charge on any atom is 0.254 e. The normalized spacial score (nSPS) is 14.5. The molecule has 8 heteroatoms. The summed E-state index contributed by atoms with van der Waals surface area (Å²) in [5.74, 6) is 1.45. The molecule has 6 nitrogen and oxygen atoms in total. The smallest absolute Gasteiger partial charge is 0.254 e. The Morgan fingerprint density at radius 3 is 2.35 bits per heavy atom. The van der Waals surface area contributed by atoms with E-state index in [9.17, 15) is 4.79 Å². The van der Waals surface area contributed by atoms with Gasteiger partial charge in [-0.25, -0.2) is 4.98 Å². The average Bonchev–Trinajstić information content (AvgIpc) is 2.60. The van der Waals surface area contributed by atoms with Crippen molar-refractivity contribution in [3.05, 3.63) is 45.6 Å². The Labute approximate surface area is 163 Å². The van der Waals surface area contributed by atoms with Crippen LogP contribution in [0.2, 0.25) is 10.0 Å². The minimum Gasteiger partial charge on any atom is -0.370 e. The summed E-state index contributed by atoms with van der Waals surface area (Å²) in [5.41, 5.74) is 1.43. The maximum absolute atomic E-state index is 12.7. The summed E-state index contributed by atoms with van der Waals surface area (Å²) in [7, 11) is 0. The second-order valence-electron chi connectivity index (χ2n) is 6.16. The fourth-order valence-corrected chi connectivity index (χ4v) is 3.46. The Kier molecular flexibility index (Phi) is 5.84. The highest BCUT2D eigenvalue weighted by Crippen LogP contribution is 2.21. The van der Waals surface area contributed by atoms with E-state index in [4.69, 9.17) is 23.2 Å². The molecule has 0 saturated carbocycles. The van der Waals surface area contributed by atoms with Crippen LogP contribution in [0, 0.1) is 6.92 Å². The van der Waals surface area contributed by atoms with E-state index in [2.05, 4.69) is 20.2 Å². The molecule has 1 aliphatic rings. The molecule has 1 aromatic carbocycles. The van der Waals surface area contributed by atoms with Crippen molar-refractivity contribution in [1.82, 2.24) is 14.9 Å². The molecular formula is C18H21Cl2N5O. The summed E-state index contributed by atoms with van der Waals surface area (Å²) in [5, 5.41) is 4.14. The third-order valence-corrected chi connectivity index (χ3v) is 4.60. The standard InChI is InChI=1S/C18H21Cl2N5O/c1-3-21-16-8-12(2)22-18(23-16)25-6-4-24(5-7-25)17(26)13-9-14(19)11-15(20)10-13/h8-11H,3-7H2,1-2H3,(H,21,22,23). The lowest BCUT2D eigenvalue weighted by atomic mass is 10.2. The lowest BCUT2D eigenvalue weighted by Crippen LogP contribution is -2.49. The number of hydrogen-bond donors (Lipinski definition) is 1. The molecule has 0 spiro atoms. The lowest BCUT2D eigenvalue weighted by Gasteiger charge is -2.35. The third-order valence-electron chi connectivity index (χ3n) is 4.16. The minimum atomic E-state index is -0.0625. The Morgan fingerprint density at radius 1 is 1.08 bits per heavy atom. The van der Waals surface area contributed by atoms with Gasteiger partial charge in [0.15, 0.2) is 0 Å². The van der Waals surface area contributed by atoms with Crippen LogP contribution in [0.25, 0.3) is 0 Å². The number of nitrogens with one attached hydrogen (secondary N) is 1. The summed E-state index contributed by atoms with van der Waals surface area (Å²) in [6.07, 6.45) is 0. The predicted octanol–water partition coefficient (Wildman–Crippen LogP) is 3.49. The van der Waals surface area contributed by atoms with Gasteiger partial charge in [-0.2, -0.15) is 4.98 Å². The fraction of sp³-hybridized carbons (Fsp3) is 0.389. The Bertz CT molecular complexity index is 786. The van der Waals surface area contributed by atoms with Crippen LogP contribution in [0.1, 0.15) is 23.0 Å². The number of hydrogen-bond acceptors (Lipinski definition) is 5. The molecule has 1 fully saturated rings. The minimum absolute atomic E-state index is 0.0625. The molecule has 2 heterocycles. The van der Waals surface area contributed by atoms with Crippen molar-refractivity contribution in [2.24, 2.45) is 0 Å². The lowest BCUT2D eigenvalue weighted by molar-refractivity contribution is 0.0746. The maximum atomic E-state index is 12.7. The zero-order chi connectivity index (χ0) is 18.7. The zero-order valence-electron chi connectivity index (χ0n) is 14.8. The highest BCUT2D eigenvalue weighted by molar-refractivity contribution is 6.35. The molecule has 0 unspecified atom stereocenters. The van der Waals surface area contributed by atoms with Crippen LogP contribution in [0.5, 0.6) is 0 Å². The van der Waals surface area contributed by atoms with Crippen molar-refractivity contribution in [1.29, 1.82) is 0 Å². The Balaban J connectivity index is 1.68. The molecule has 1 saturated heterocycles. The van der Waals surface area contributed by atoms with E-state index in [0.29, 0.717) is 47.7 Å². The van der Waals surface area contributed by atoms with E-state index in [-0.39, 0.29) is 5.91 Å². The van der Waals surface area contributed by atoms with Gasteiger partial charge < -0.3 is 15.1 Å². The first-order valence-electron chi connectivity index (χ1n) is 8.56. The molecule has 0 aliphatic carbocycles. The van der Waals surface area contributed by atoms with Crippen LogP contribution in [0.4, 0.5) is 11.8 Å². The van der Waals surface area contributed by atoms with Crippen LogP contribution < -0.4 is 10.2 Å². The summed E-state index contributed by atoms with van der Waals surface area (Å²) in [4.78, 5) is 25.7. The van der Waals surface area contributed by atoms with Gasteiger partial charge in [0.25, 0.3) is 5.91 Å². The van der Waals surface area contributed by atoms with E-state index in [1.54, 1.807) is 23.1 Å². The molecule has 0 bridgehead atoms. The van der Waals surface area contributed by atoms with Gasteiger partial charge in [0.2, 0.25) is 5.95 Å². The van der Waals surface area contributed by atoms with Crippen molar-refractivity contribution in [2.45, 2.75) is 13.8 Å². The first kappa shape index (κ1) is 18.7. The van der Waals surface area contributed by atoms with Gasteiger partial charge in [-0.1, -0.05) is 23.2 Å². The number of halogens is 2. The summed E-state index contributed by atoms with van der Waals surface area (Å²) in [6.45, 7) is 7.33. The summed E-state index contributed by atoms with van der Waals surface area (Å²) >= 11 is 12.0. The number of aromatic nitrogens is 2. The van der Waals surface area contributed by atoms with Crippen LogP contribution in [0.15, 0.2) is 24.3 Å². The number of rotatable bonds is 4. The quantitative estimate of drug-likeness (QED) is 0.861. The molecule has 138 valence electrons. The van der Waals surface area contributed by atoms with Gasteiger partial charge in [-0.05, 0) is 32.0 Å². The number of benzene rings is 1. The van der Waals surface area contributed by atoms with Crippen molar-refractivity contribution >= 4 is 40.9 Å². The number of piperazine rings is 1. The molecule has 1 aliphatic heterocycles. The molecular weight excluding hydrogens is 373 g/mol. The van der Waals surface area contributed by atoms with Gasteiger partial charge in [0.1, 0.15) is 5.82 Å². The van der Waals surface area contributed by atoms with Gasteiger partial charge >= 0.3 is 0 Å². The summed E-state index contributed by atoms with van der Waals surface area (Å²) < 4.78 is 0. The number of nitrogens with zero attached hydrogens (tertiary/aromatic N) is 4. The highest BCUT2D eigenvalue weighted by atomic mass is 35.5. The SMILES string of the molecule is CCNc1cc(C)nc(N2CCN(C(=O)c3cc(Cl)cc(Cl)c3)CC2)n1. The van der Waals surface area contributed by atoms with Crippen LogP contribution in [0.3, 0.4) is 0 Å². The molecule has 1 amide bonds. The Hall–Kier alpha value is -2.05. The van der Waals surface area contributed by atoms with Crippen LogP contribution in [-0.4, -0.2) is 53.5 Å². The Morgan fingerprint density at radius 2 is 1.73 bits per heavy atom. The fourth-order valence-electron chi connectivity index (χ4n) is 2.94. The van der Waals surface area contributed by atoms with Gasteiger partial charge in [-0.15, -0.1) is 0 Å². The van der Waals surface area contributed by atoms with E-state index in [1.807, 2.05) is 19.9 Å². The molecule has 1 aromatic heterocycles. The molecule has 0 atom stereocenters. The molecule has 2 aromatic rings. The number of carbonyl (C=O) groups is 1. The average molecular weight is 394 g/mol. The van der Waals surface area contributed by atoms with E-state index in [0.717, 1.165) is 18.1 Å². The first-order chi connectivity index (χ1) is 12.5. The second kappa shape index (κ2) is 8.10. The van der Waals surface area contributed by atoms with Crippen molar-refractivity contribution in [3.63, 3.8) is 0 Å². The van der Waals surface area contributed by atoms with Crippen LogP contribution in [-0.2, 0) is 0 Å². The molecule has 0 radical (unpaired) electrons. The number of amides is 1. The highest BCUT2D eigenvalue weighted by Gasteiger charge is 2.24. The molecule has 3 rings (SSSR count). The zero-order valence-corrected chi connectivity index (χ0v) is 16.3. The first-order valence-corrected chi connectivity index (χ1v) is 9.31. The van der Waals surface area contributed by atoms with E-state index >= 15 is 0 Å². The molecule has 26 heavy (non-hydrogen) atoms. The van der Waals surface area contributed by atoms with Gasteiger partial charge in [0, 0.05) is 60.1 Å². The number of anilines is 2. The monoisotopic (exact) mass is 393 g/mol. The van der Waals surface area contributed by atoms with E-state index < -0.39 is 0 Å². The van der Waals surface area contributed by atoms with Crippen molar-refractivity contribution in [3.8, 4) is 0 Å². The molecule has 1 N–H and O–H groups in total. The number of carbonyl (C=O) groups excluding carboxylic acids is 1. The third kappa shape index (κ3) is 4.37. The van der Waals surface area contributed by atoms with Crippen LogP contribution >= 0.6 is 23.2 Å². The van der Waals surface area contributed by atoms with Crippen molar-refractivity contribution in [2.75, 3.05) is 42.9 Å². The largest absolute Gasteiger partial charge is 0.370 e. The second-order valence-corrected chi connectivity index (χ2v) is 7.04. The van der Waals surface area contributed by atoms with Crippen molar-refractivity contribution < 1.29 is 4.79 Å². The van der Waals surface area contributed by atoms with E-state index in [1.165, 1.54) is 0 Å². The number of aryl methyl sites for hydroxylation is 1. The predicted molar refractivity (Wildman–Crippen MR) is 106 cm³/mol.